The van der Waals surface area contributed by atoms with Gasteiger partial charge in [-0.3, -0.25) is 4.79 Å². The van der Waals surface area contributed by atoms with E-state index in [1.165, 1.54) is 0 Å². The highest BCUT2D eigenvalue weighted by molar-refractivity contribution is 5.96. The molecular formula is C16H18O2. The summed E-state index contributed by atoms with van der Waals surface area (Å²) in [6, 6.07) is 3.91. The molecular weight excluding hydrogens is 224 g/mol. The lowest BCUT2D eigenvalue weighted by Crippen LogP contribution is -2.03. The predicted molar refractivity (Wildman–Crippen MR) is 72.7 cm³/mol. The first-order valence-corrected chi connectivity index (χ1v) is 6.26. The molecule has 0 atom stereocenters. The molecule has 2 heteroatoms. The fourth-order valence-corrected chi connectivity index (χ4v) is 2.26. The van der Waals surface area contributed by atoms with E-state index in [0.29, 0.717) is 12.2 Å². The average Bonchev–Trinajstić information content (AvgIpc) is 2.86. The molecule has 0 saturated carbocycles. The molecule has 2 nitrogen and oxygen atoms in total. The molecule has 1 aromatic rings. The Morgan fingerprint density at radius 3 is 2.50 bits per heavy atom. The summed E-state index contributed by atoms with van der Waals surface area (Å²) in [4.78, 5) is 11.9. The average molecular weight is 242 g/mol. The fourth-order valence-electron chi connectivity index (χ4n) is 2.26. The Bertz CT molecular complexity index is 513. The molecule has 0 spiro atoms. The van der Waals surface area contributed by atoms with Crippen LogP contribution < -0.4 is 0 Å². The van der Waals surface area contributed by atoms with Crippen LogP contribution in [-0.4, -0.2) is 10.9 Å². The summed E-state index contributed by atoms with van der Waals surface area (Å²) >= 11 is 0. The van der Waals surface area contributed by atoms with E-state index in [0.717, 1.165) is 35.1 Å². The van der Waals surface area contributed by atoms with Gasteiger partial charge in [0, 0.05) is 6.42 Å². The maximum absolute atomic E-state index is 11.9. The first-order valence-electron chi connectivity index (χ1n) is 6.26. The van der Waals surface area contributed by atoms with Crippen molar-refractivity contribution in [2.24, 2.45) is 0 Å². The SMILES string of the molecule is Cc1cc(CCC(=O)C2=CC=CC2)cc(C)c1O. The topological polar surface area (TPSA) is 37.3 Å². The van der Waals surface area contributed by atoms with Crippen molar-refractivity contribution in [1.29, 1.82) is 0 Å². The zero-order valence-electron chi connectivity index (χ0n) is 10.9. The van der Waals surface area contributed by atoms with Crippen molar-refractivity contribution in [2.75, 3.05) is 0 Å². The van der Waals surface area contributed by atoms with Crippen LogP contribution >= 0.6 is 0 Å². The summed E-state index contributed by atoms with van der Waals surface area (Å²) in [5.41, 5.74) is 3.77. The Morgan fingerprint density at radius 2 is 1.94 bits per heavy atom. The van der Waals surface area contributed by atoms with Crippen LogP contribution in [0.2, 0.25) is 0 Å². The van der Waals surface area contributed by atoms with Crippen LogP contribution in [0.5, 0.6) is 5.75 Å². The molecule has 94 valence electrons. The van der Waals surface area contributed by atoms with E-state index < -0.39 is 0 Å². The molecule has 0 fully saturated rings. The highest BCUT2D eigenvalue weighted by atomic mass is 16.3. The molecule has 1 aliphatic carbocycles. The van der Waals surface area contributed by atoms with E-state index in [2.05, 4.69) is 0 Å². The highest BCUT2D eigenvalue weighted by Gasteiger charge is 2.11. The molecule has 1 aromatic carbocycles. The van der Waals surface area contributed by atoms with Gasteiger partial charge < -0.3 is 5.11 Å². The maximum atomic E-state index is 11.9. The fraction of sp³-hybridized carbons (Fsp3) is 0.312. The highest BCUT2D eigenvalue weighted by Crippen LogP contribution is 2.24. The second-order valence-electron chi connectivity index (χ2n) is 4.83. The minimum absolute atomic E-state index is 0.225. The molecule has 0 unspecified atom stereocenters. The number of phenols is 1. The molecule has 1 N–H and O–H groups in total. The summed E-state index contributed by atoms with van der Waals surface area (Å²) in [5.74, 6) is 0.580. The molecule has 18 heavy (non-hydrogen) atoms. The van der Waals surface area contributed by atoms with Gasteiger partial charge in [0.25, 0.3) is 0 Å². The van der Waals surface area contributed by atoms with Gasteiger partial charge in [-0.25, -0.2) is 0 Å². The number of carbonyl (C=O) groups excluding carboxylic acids is 1. The molecule has 1 aliphatic rings. The van der Waals surface area contributed by atoms with E-state index >= 15 is 0 Å². The lowest BCUT2D eigenvalue weighted by molar-refractivity contribution is -0.115. The van der Waals surface area contributed by atoms with Gasteiger partial charge >= 0.3 is 0 Å². The molecule has 0 amide bonds. The molecule has 0 saturated heterocycles. The Kier molecular flexibility index (Phi) is 3.66. The van der Waals surface area contributed by atoms with Gasteiger partial charge in [-0.05, 0) is 49.0 Å². The van der Waals surface area contributed by atoms with Gasteiger partial charge in [-0.15, -0.1) is 0 Å². The van der Waals surface area contributed by atoms with Crippen LogP contribution in [0.1, 0.15) is 29.5 Å². The Labute approximate surface area is 108 Å². The summed E-state index contributed by atoms with van der Waals surface area (Å²) in [6.07, 6.45) is 7.88. The minimum atomic E-state index is 0.225. The molecule has 2 rings (SSSR count). The summed E-state index contributed by atoms with van der Waals surface area (Å²) in [5, 5.41) is 9.70. The van der Waals surface area contributed by atoms with E-state index in [1.54, 1.807) is 0 Å². The van der Waals surface area contributed by atoms with Crippen molar-refractivity contribution in [3.63, 3.8) is 0 Å². The Morgan fingerprint density at radius 1 is 1.28 bits per heavy atom. The third kappa shape index (κ3) is 2.70. The number of phenolic OH excluding ortho intramolecular Hbond substituents is 1. The number of rotatable bonds is 4. The van der Waals surface area contributed by atoms with Crippen LogP contribution in [0.4, 0.5) is 0 Å². The van der Waals surface area contributed by atoms with Gasteiger partial charge in [0.1, 0.15) is 5.75 Å². The molecule has 0 aromatic heterocycles. The maximum Gasteiger partial charge on any atom is 0.159 e. The van der Waals surface area contributed by atoms with Crippen LogP contribution in [0, 0.1) is 13.8 Å². The smallest absolute Gasteiger partial charge is 0.159 e. The number of carbonyl (C=O) groups is 1. The largest absolute Gasteiger partial charge is 0.507 e. The molecule has 0 aliphatic heterocycles. The quantitative estimate of drug-likeness (QED) is 0.878. The van der Waals surface area contributed by atoms with Crippen LogP contribution in [0.3, 0.4) is 0 Å². The lowest BCUT2D eigenvalue weighted by atomic mass is 9.99. The summed E-state index contributed by atoms with van der Waals surface area (Å²) < 4.78 is 0. The molecule has 0 heterocycles. The third-order valence-corrected chi connectivity index (χ3v) is 3.32. The van der Waals surface area contributed by atoms with Gasteiger partial charge in [-0.1, -0.05) is 30.4 Å². The van der Waals surface area contributed by atoms with Gasteiger partial charge in [-0.2, -0.15) is 0 Å². The van der Waals surface area contributed by atoms with Crippen molar-refractivity contribution < 1.29 is 9.90 Å². The summed E-state index contributed by atoms with van der Waals surface area (Å²) in [7, 11) is 0. The number of benzene rings is 1. The van der Waals surface area contributed by atoms with Crippen LogP contribution in [-0.2, 0) is 11.2 Å². The third-order valence-electron chi connectivity index (χ3n) is 3.32. The Balaban J connectivity index is 2.00. The van der Waals surface area contributed by atoms with Gasteiger partial charge in [0.15, 0.2) is 5.78 Å². The van der Waals surface area contributed by atoms with E-state index in [9.17, 15) is 9.90 Å². The van der Waals surface area contributed by atoms with Crippen molar-refractivity contribution in [2.45, 2.75) is 33.1 Å². The predicted octanol–water partition coefficient (Wildman–Crippen LogP) is 3.40. The van der Waals surface area contributed by atoms with E-state index in [1.807, 2.05) is 44.2 Å². The van der Waals surface area contributed by atoms with Crippen LogP contribution in [0.25, 0.3) is 0 Å². The van der Waals surface area contributed by atoms with E-state index in [4.69, 9.17) is 0 Å². The first kappa shape index (κ1) is 12.6. The number of aryl methyl sites for hydroxylation is 3. The molecule has 0 bridgehead atoms. The van der Waals surface area contributed by atoms with Gasteiger partial charge in [0.05, 0.1) is 0 Å². The first-order chi connectivity index (χ1) is 8.58. The van der Waals surface area contributed by atoms with Crippen molar-refractivity contribution in [1.82, 2.24) is 0 Å². The number of hydrogen-bond donors (Lipinski definition) is 1. The number of Topliss-reactive ketones (excluding diaryl/α,β-unsaturated/α-hetero) is 1. The van der Waals surface area contributed by atoms with Crippen molar-refractivity contribution in [3.05, 3.63) is 52.6 Å². The van der Waals surface area contributed by atoms with Crippen molar-refractivity contribution in [3.8, 4) is 5.75 Å². The second-order valence-corrected chi connectivity index (χ2v) is 4.83. The number of aromatic hydroxyl groups is 1. The van der Waals surface area contributed by atoms with Crippen LogP contribution in [0.15, 0.2) is 35.9 Å². The van der Waals surface area contributed by atoms with E-state index in [-0.39, 0.29) is 5.78 Å². The number of hydrogen-bond acceptors (Lipinski definition) is 2. The number of ketones is 1. The van der Waals surface area contributed by atoms with Gasteiger partial charge in [0.2, 0.25) is 0 Å². The second kappa shape index (κ2) is 5.21. The Hall–Kier alpha value is -1.83. The zero-order chi connectivity index (χ0) is 13.1. The van der Waals surface area contributed by atoms with Crippen molar-refractivity contribution >= 4 is 5.78 Å². The lowest BCUT2D eigenvalue weighted by Gasteiger charge is -2.08. The summed E-state index contributed by atoms with van der Waals surface area (Å²) in [6.45, 7) is 3.77. The normalized spacial score (nSPS) is 13.8. The minimum Gasteiger partial charge on any atom is -0.507 e. The number of allylic oxidation sites excluding steroid dienone is 4. The zero-order valence-corrected chi connectivity index (χ0v) is 10.9. The monoisotopic (exact) mass is 242 g/mol. The standard InChI is InChI=1S/C16H18O2/c1-11-9-13(10-12(2)16(11)18)7-8-15(17)14-5-3-4-6-14/h3-5,9-10,18H,6-8H2,1-2H3. The molecule has 0 radical (unpaired) electrons.